The summed E-state index contributed by atoms with van der Waals surface area (Å²) in [6, 6.07) is 5.02. The maximum absolute atomic E-state index is 5.62. The van der Waals surface area contributed by atoms with Crippen molar-refractivity contribution in [1.29, 1.82) is 0 Å². The van der Waals surface area contributed by atoms with Gasteiger partial charge in [-0.2, -0.15) is 0 Å². The second kappa shape index (κ2) is 5.13. The molecule has 0 aromatic carbocycles. The largest absolute Gasteiger partial charge is 0.468 e. The van der Waals surface area contributed by atoms with Crippen molar-refractivity contribution in [2.24, 2.45) is 16.7 Å². The molecule has 1 aromatic rings. The Balaban J connectivity index is 1.68. The van der Waals surface area contributed by atoms with Gasteiger partial charge in [0.1, 0.15) is 5.76 Å². The van der Waals surface area contributed by atoms with Gasteiger partial charge in [0.05, 0.1) is 12.3 Å². The number of furan rings is 1. The van der Waals surface area contributed by atoms with Gasteiger partial charge in [-0.3, -0.25) is 4.90 Å². The molecule has 1 aromatic heterocycles. The molecule has 4 unspecified atom stereocenters. The van der Waals surface area contributed by atoms with E-state index in [0.29, 0.717) is 22.9 Å². The number of hydrogen-bond acceptors (Lipinski definition) is 3. The smallest absolute Gasteiger partial charge is 0.122 e. The number of rotatable bonds is 5. The predicted octanol–water partition coefficient (Wildman–Crippen LogP) is 3.69. The molecule has 2 aliphatic carbocycles. The van der Waals surface area contributed by atoms with Gasteiger partial charge in [-0.15, -0.1) is 0 Å². The standard InChI is InChI=1S/C18H30N2O/c1-17(2)13-8-9-18(17,3)16(11-13)19-12-14(20(4)5)15-7-6-10-21-15/h6-7,10,13-14,16,19H,8-9,11-12H2,1-5H3. The fraction of sp³-hybridized carbons (Fsp3) is 0.778. The monoisotopic (exact) mass is 290 g/mol. The predicted molar refractivity (Wildman–Crippen MR) is 86.2 cm³/mol. The van der Waals surface area contributed by atoms with Crippen LogP contribution in [0.3, 0.4) is 0 Å². The number of nitrogens with one attached hydrogen (secondary N) is 1. The molecule has 2 fully saturated rings. The van der Waals surface area contributed by atoms with E-state index in [2.05, 4.69) is 51.1 Å². The topological polar surface area (TPSA) is 28.4 Å². The van der Waals surface area contributed by atoms with E-state index in [-0.39, 0.29) is 0 Å². The fourth-order valence-corrected chi connectivity index (χ4v) is 4.78. The first-order chi connectivity index (χ1) is 9.86. The van der Waals surface area contributed by atoms with Gasteiger partial charge in [0.25, 0.3) is 0 Å². The van der Waals surface area contributed by atoms with Crippen LogP contribution in [-0.4, -0.2) is 31.6 Å². The van der Waals surface area contributed by atoms with Gasteiger partial charge in [-0.05, 0) is 62.2 Å². The van der Waals surface area contributed by atoms with Crippen molar-refractivity contribution in [2.75, 3.05) is 20.6 Å². The highest BCUT2D eigenvalue weighted by atomic mass is 16.3. The minimum atomic E-state index is 0.311. The first kappa shape index (κ1) is 15.1. The third kappa shape index (κ3) is 2.25. The van der Waals surface area contributed by atoms with E-state index in [4.69, 9.17) is 4.42 Å². The normalized spacial score (nSPS) is 35.5. The Morgan fingerprint density at radius 3 is 2.62 bits per heavy atom. The van der Waals surface area contributed by atoms with E-state index < -0.39 is 0 Å². The minimum Gasteiger partial charge on any atom is -0.468 e. The molecule has 21 heavy (non-hydrogen) atoms. The van der Waals surface area contributed by atoms with Crippen LogP contribution in [-0.2, 0) is 0 Å². The molecule has 1 heterocycles. The van der Waals surface area contributed by atoms with E-state index in [1.807, 2.05) is 6.07 Å². The number of fused-ring (bicyclic) bond motifs is 2. The molecule has 3 rings (SSSR count). The van der Waals surface area contributed by atoms with Gasteiger partial charge in [0.15, 0.2) is 0 Å². The summed E-state index contributed by atoms with van der Waals surface area (Å²) in [5.41, 5.74) is 0.917. The van der Waals surface area contributed by atoms with E-state index in [9.17, 15) is 0 Å². The molecule has 0 amide bonds. The van der Waals surface area contributed by atoms with Crippen LogP contribution >= 0.6 is 0 Å². The Hall–Kier alpha value is -0.800. The zero-order valence-corrected chi connectivity index (χ0v) is 14.1. The summed E-state index contributed by atoms with van der Waals surface area (Å²) in [5.74, 6) is 1.95. The van der Waals surface area contributed by atoms with Crippen LogP contribution in [0.1, 0.15) is 51.8 Å². The van der Waals surface area contributed by atoms with Crippen LogP contribution in [0.5, 0.6) is 0 Å². The van der Waals surface area contributed by atoms with Crippen molar-refractivity contribution >= 4 is 0 Å². The first-order valence-corrected chi connectivity index (χ1v) is 8.29. The Bertz CT molecular complexity index is 479. The molecule has 2 aliphatic rings. The molecule has 3 heteroatoms. The second-order valence-corrected chi connectivity index (χ2v) is 8.07. The third-order valence-electron chi connectivity index (χ3n) is 6.85. The van der Waals surface area contributed by atoms with E-state index in [1.54, 1.807) is 6.26 Å². The van der Waals surface area contributed by atoms with E-state index in [1.165, 1.54) is 19.3 Å². The Kier molecular flexibility index (Phi) is 3.69. The Morgan fingerprint density at radius 2 is 2.14 bits per heavy atom. The Morgan fingerprint density at radius 1 is 1.38 bits per heavy atom. The fourth-order valence-electron chi connectivity index (χ4n) is 4.78. The number of likely N-dealkylation sites (N-methyl/N-ethyl adjacent to an activating group) is 1. The summed E-state index contributed by atoms with van der Waals surface area (Å²) >= 11 is 0. The van der Waals surface area contributed by atoms with Gasteiger partial charge in [-0.25, -0.2) is 0 Å². The summed E-state index contributed by atoms with van der Waals surface area (Å²) in [5, 5.41) is 3.88. The van der Waals surface area contributed by atoms with Crippen LogP contribution in [0, 0.1) is 16.7 Å². The van der Waals surface area contributed by atoms with Crippen molar-refractivity contribution in [1.82, 2.24) is 10.2 Å². The van der Waals surface area contributed by atoms with Gasteiger partial charge in [-0.1, -0.05) is 20.8 Å². The minimum absolute atomic E-state index is 0.311. The lowest BCUT2D eigenvalue weighted by molar-refractivity contribution is 0.115. The SMILES string of the molecule is CN(C)C(CNC1CC2CCC1(C)C2(C)C)c1ccco1. The molecular formula is C18H30N2O. The van der Waals surface area contributed by atoms with Gasteiger partial charge in [0.2, 0.25) is 0 Å². The summed E-state index contributed by atoms with van der Waals surface area (Å²) < 4.78 is 5.62. The zero-order valence-electron chi connectivity index (χ0n) is 14.1. The molecule has 3 nitrogen and oxygen atoms in total. The van der Waals surface area contributed by atoms with Crippen molar-refractivity contribution < 1.29 is 4.42 Å². The molecule has 2 saturated carbocycles. The van der Waals surface area contributed by atoms with Crippen molar-refractivity contribution in [3.63, 3.8) is 0 Å². The van der Waals surface area contributed by atoms with Crippen LogP contribution in [0.15, 0.2) is 22.8 Å². The zero-order chi connectivity index (χ0) is 15.3. The van der Waals surface area contributed by atoms with Gasteiger partial charge < -0.3 is 9.73 Å². The van der Waals surface area contributed by atoms with Gasteiger partial charge in [0, 0.05) is 12.6 Å². The molecule has 0 spiro atoms. The summed E-state index contributed by atoms with van der Waals surface area (Å²) in [4.78, 5) is 2.24. The lowest BCUT2D eigenvalue weighted by atomic mass is 9.69. The van der Waals surface area contributed by atoms with Crippen LogP contribution in [0.2, 0.25) is 0 Å². The van der Waals surface area contributed by atoms with Crippen molar-refractivity contribution in [3.05, 3.63) is 24.2 Å². The molecule has 118 valence electrons. The summed E-state index contributed by atoms with van der Waals surface area (Å²) in [6.07, 6.45) is 5.89. The first-order valence-electron chi connectivity index (χ1n) is 8.29. The number of nitrogens with zero attached hydrogens (tertiary/aromatic N) is 1. The maximum Gasteiger partial charge on any atom is 0.122 e. The van der Waals surface area contributed by atoms with Crippen molar-refractivity contribution in [2.45, 2.75) is 52.1 Å². The molecular weight excluding hydrogens is 260 g/mol. The molecule has 4 atom stereocenters. The highest BCUT2D eigenvalue weighted by molar-refractivity contribution is 5.13. The maximum atomic E-state index is 5.62. The number of hydrogen-bond donors (Lipinski definition) is 1. The summed E-state index contributed by atoms with van der Waals surface area (Å²) in [7, 11) is 4.25. The second-order valence-electron chi connectivity index (χ2n) is 8.07. The molecule has 0 saturated heterocycles. The van der Waals surface area contributed by atoms with Gasteiger partial charge >= 0.3 is 0 Å². The summed E-state index contributed by atoms with van der Waals surface area (Å²) in [6.45, 7) is 8.41. The highest BCUT2D eigenvalue weighted by Gasteiger charge is 2.61. The van der Waals surface area contributed by atoms with Crippen LogP contribution in [0.4, 0.5) is 0 Å². The lowest BCUT2D eigenvalue weighted by Gasteiger charge is -2.40. The van der Waals surface area contributed by atoms with E-state index >= 15 is 0 Å². The highest BCUT2D eigenvalue weighted by Crippen LogP contribution is 2.65. The van der Waals surface area contributed by atoms with Crippen LogP contribution in [0.25, 0.3) is 0 Å². The quantitative estimate of drug-likeness (QED) is 0.896. The van der Waals surface area contributed by atoms with E-state index in [0.717, 1.165) is 18.2 Å². The molecule has 0 aliphatic heterocycles. The average molecular weight is 290 g/mol. The molecule has 2 bridgehead atoms. The average Bonchev–Trinajstić information content (AvgIpc) is 3.04. The Labute approximate surface area is 129 Å². The molecule has 1 N–H and O–H groups in total. The third-order valence-corrected chi connectivity index (χ3v) is 6.85. The lowest BCUT2D eigenvalue weighted by Crippen LogP contribution is -2.46. The molecule has 0 radical (unpaired) electrons. The van der Waals surface area contributed by atoms with Crippen LogP contribution < -0.4 is 5.32 Å². The van der Waals surface area contributed by atoms with Crippen molar-refractivity contribution in [3.8, 4) is 0 Å².